The minimum absolute atomic E-state index is 0.0963. The smallest absolute Gasteiger partial charge is 0.174 e. The van der Waals surface area contributed by atoms with E-state index in [1.165, 1.54) is 19.3 Å². The van der Waals surface area contributed by atoms with Gasteiger partial charge in [0.15, 0.2) is 11.6 Å². The van der Waals surface area contributed by atoms with Crippen LogP contribution >= 0.6 is 0 Å². The van der Waals surface area contributed by atoms with Crippen LogP contribution in [0.2, 0.25) is 0 Å². The summed E-state index contributed by atoms with van der Waals surface area (Å²) in [4.78, 5) is 0. The van der Waals surface area contributed by atoms with Gasteiger partial charge in [-0.25, -0.2) is 0 Å². The SMILES string of the molecule is [CH]C[C@]1(C)[C@H]2CC[C@@]3(C)[C@@H](CCC34OCCO4)[C@@H]2CCC12OCCO2. The van der Waals surface area contributed by atoms with Gasteiger partial charge in [-0.3, -0.25) is 0 Å². The lowest BCUT2D eigenvalue weighted by atomic mass is 9.47. The molecule has 5 fully saturated rings. The molecular formula is C21H32O4. The monoisotopic (exact) mass is 348 g/mol. The fourth-order valence-corrected chi connectivity index (χ4v) is 7.53. The molecule has 2 aliphatic heterocycles. The summed E-state index contributed by atoms with van der Waals surface area (Å²) in [6.45, 7) is 14.0. The Morgan fingerprint density at radius 1 is 0.760 bits per heavy atom. The Bertz CT molecular complexity index is 536. The number of rotatable bonds is 1. The molecule has 140 valence electrons. The van der Waals surface area contributed by atoms with Gasteiger partial charge in [0.05, 0.1) is 26.4 Å². The molecule has 5 aliphatic rings. The quantitative estimate of drug-likeness (QED) is 0.722. The topological polar surface area (TPSA) is 36.9 Å². The van der Waals surface area contributed by atoms with Gasteiger partial charge in [-0.1, -0.05) is 13.8 Å². The zero-order chi connectivity index (χ0) is 17.3. The van der Waals surface area contributed by atoms with Crippen LogP contribution in [0.4, 0.5) is 0 Å². The Morgan fingerprint density at radius 3 is 1.96 bits per heavy atom. The second-order valence-corrected chi connectivity index (χ2v) is 9.43. The zero-order valence-electron chi connectivity index (χ0n) is 15.7. The molecule has 2 saturated heterocycles. The van der Waals surface area contributed by atoms with Crippen LogP contribution < -0.4 is 0 Å². The van der Waals surface area contributed by atoms with Crippen molar-refractivity contribution in [3.05, 3.63) is 6.92 Å². The second kappa shape index (κ2) is 5.43. The maximum atomic E-state index is 6.38. The van der Waals surface area contributed by atoms with E-state index in [1.54, 1.807) is 0 Å². The molecule has 0 bridgehead atoms. The Kier molecular flexibility index (Phi) is 3.69. The van der Waals surface area contributed by atoms with Crippen molar-refractivity contribution in [2.45, 2.75) is 70.4 Å². The average Bonchev–Trinajstić information content (AvgIpc) is 3.34. The van der Waals surface area contributed by atoms with E-state index in [4.69, 9.17) is 25.9 Å². The first-order chi connectivity index (χ1) is 12.0. The average molecular weight is 348 g/mol. The van der Waals surface area contributed by atoms with Gasteiger partial charge in [0.2, 0.25) is 0 Å². The Labute approximate surface area is 151 Å². The van der Waals surface area contributed by atoms with Crippen LogP contribution in [0.5, 0.6) is 0 Å². The van der Waals surface area contributed by atoms with E-state index in [9.17, 15) is 0 Å². The second-order valence-electron chi connectivity index (χ2n) is 9.43. The lowest BCUT2D eigenvalue weighted by Gasteiger charge is -2.61. The minimum atomic E-state index is -0.451. The molecule has 3 aliphatic carbocycles. The summed E-state index contributed by atoms with van der Waals surface area (Å²) < 4.78 is 24.9. The van der Waals surface area contributed by atoms with Crippen LogP contribution in [0.3, 0.4) is 0 Å². The lowest BCUT2D eigenvalue weighted by Crippen LogP contribution is -2.61. The van der Waals surface area contributed by atoms with Crippen LogP contribution in [0.25, 0.3) is 0 Å². The summed E-state index contributed by atoms with van der Waals surface area (Å²) in [6, 6.07) is 0. The molecule has 5 rings (SSSR count). The first kappa shape index (κ1) is 17.0. The third-order valence-electron chi connectivity index (χ3n) is 8.91. The van der Waals surface area contributed by atoms with Crippen LogP contribution in [0.1, 0.15) is 58.8 Å². The molecule has 0 unspecified atom stereocenters. The highest BCUT2D eigenvalue weighted by molar-refractivity contribution is 5.14. The highest BCUT2D eigenvalue weighted by Gasteiger charge is 2.69. The third-order valence-corrected chi connectivity index (χ3v) is 8.91. The van der Waals surface area contributed by atoms with Crippen molar-refractivity contribution in [2.75, 3.05) is 26.4 Å². The van der Waals surface area contributed by atoms with Gasteiger partial charge in [-0.05, 0) is 56.8 Å². The van der Waals surface area contributed by atoms with Crippen LogP contribution in [0, 0.1) is 35.5 Å². The minimum Gasteiger partial charge on any atom is -0.347 e. The number of ether oxygens (including phenoxy) is 4. The van der Waals surface area contributed by atoms with E-state index in [1.807, 2.05) is 0 Å². The summed E-state index contributed by atoms with van der Waals surface area (Å²) in [5, 5.41) is 0. The maximum Gasteiger partial charge on any atom is 0.174 e. The molecule has 4 nitrogen and oxygen atoms in total. The normalized spacial score (nSPS) is 50.3. The maximum absolute atomic E-state index is 6.38. The largest absolute Gasteiger partial charge is 0.347 e. The van der Waals surface area contributed by atoms with Gasteiger partial charge in [0.1, 0.15) is 0 Å². The molecule has 0 amide bonds. The summed E-state index contributed by atoms with van der Waals surface area (Å²) in [7, 11) is 0. The van der Waals surface area contributed by atoms with Gasteiger partial charge in [-0.15, -0.1) is 0 Å². The number of fused-ring (bicyclic) bond motifs is 4. The predicted molar refractivity (Wildman–Crippen MR) is 92.6 cm³/mol. The standard InChI is InChI=1S/C21H32O4/c1-4-18(2)16-6-8-19(3)17(7-10-21(19)24-13-14-25-21)15(16)5-9-20(18)22-11-12-23-20/h1,15-17H,4-14H2,2-3H3/t15-,16+,17+,18-,19+/m1/s1. The summed E-state index contributed by atoms with van der Waals surface area (Å²) in [5.41, 5.74) is 0.0446. The molecule has 0 aromatic carbocycles. The van der Waals surface area contributed by atoms with Gasteiger partial charge in [0.25, 0.3) is 0 Å². The predicted octanol–water partition coefficient (Wildman–Crippen LogP) is 3.82. The molecule has 25 heavy (non-hydrogen) atoms. The molecule has 5 atom stereocenters. The first-order valence-corrected chi connectivity index (χ1v) is 10.3. The molecule has 2 radical (unpaired) electrons. The molecule has 0 N–H and O–H groups in total. The summed E-state index contributed by atoms with van der Waals surface area (Å²) >= 11 is 0. The fourth-order valence-electron chi connectivity index (χ4n) is 7.53. The van der Waals surface area contributed by atoms with Crippen molar-refractivity contribution < 1.29 is 18.9 Å². The molecule has 3 saturated carbocycles. The van der Waals surface area contributed by atoms with E-state index < -0.39 is 5.79 Å². The van der Waals surface area contributed by atoms with Crippen molar-refractivity contribution >= 4 is 0 Å². The first-order valence-electron chi connectivity index (χ1n) is 10.3. The van der Waals surface area contributed by atoms with E-state index in [0.717, 1.165) is 32.5 Å². The molecular weight excluding hydrogens is 316 g/mol. The summed E-state index contributed by atoms with van der Waals surface area (Å²) in [6.07, 6.45) is 7.39. The molecule has 2 heterocycles. The van der Waals surface area contributed by atoms with Gasteiger partial charge >= 0.3 is 0 Å². The molecule has 2 spiro atoms. The van der Waals surface area contributed by atoms with Gasteiger partial charge in [0, 0.05) is 23.7 Å². The molecule has 4 heteroatoms. The summed E-state index contributed by atoms with van der Waals surface area (Å²) in [5.74, 6) is 1.13. The van der Waals surface area contributed by atoms with Gasteiger partial charge < -0.3 is 18.9 Å². The van der Waals surface area contributed by atoms with Crippen molar-refractivity contribution in [1.82, 2.24) is 0 Å². The number of hydrogen-bond donors (Lipinski definition) is 0. The fraction of sp³-hybridized carbons (Fsp3) is 0.952. The van der Waals surface area contributed by atoms with E-state index in [0.29, 0.717) is 37.4 Å². The van der Waals surface area contributed by atoms with Crippen molar-refractivity contribution in [1.29, 1.82) is 0 Å². The van der Waals surface area contributed by atoms with E-state index >= 15 is 0 Å². The van der Waals surface area contributed by atoms with Crippen LogP contribution in [-0.4, -0.2) is 38.0 Å². The Hall–Kier alpha value is -0.160. The third kappa shape index (κ3) is 1.93. The van der Waals surface area contributed by atoms with Crippen molar-refractivity contribution in [3.63, 3.8) is 0 Å². The zero-order valence-corrected chi connectivity index (χ0v) is 15.7. The van der Waals surface area contributed by atoms with Crippen molar-refractivity contribution in [3.8, 4) is 0 Å². The van der Waals surface area contributed by atoms with Crippen molar-refractivity contribution in [2.24, 2.45) is 28.6 Å². The van der Waals surface area contributed by atoms with Gasteiger partial charge in [-0.2, -0.15) is 0 Å². The highest BCUT2D eigenvalue weighted by atomic mass is 16.7. The Morgan fingerprint density at radius 2 is 1.32 bits per heavy atom. The number of hydrogen-bond acceptors (Lipinski definition) is 4. The lowest BCUT2D eigenvalue weighted by molar-refractivity contribution is -0.300. The highest BCUT2D eigenvalue weighted by Crippen LogP contribution is 2.69. The van der Waals surface area contributed by atoms with Crippen LogP contribution in [-0.2, 0) is 18.9 Å². The molecule has 0 aromatic heterocycles. The van der Waals surface area contributed by atoms with Crippen LogP contribution in [0.15, 0.2) is 0 Å². The molecule has 0 aromatic rings. The Balaban J connectivity index is 1.49. The van der Waals surface area contributed by atoms with E-state index in [-0.39, 0.29) is 16.6 Å². The van der Waals surface area contributed by atoms with E-state index in [2.05, 4.69) is 13.8 Å².